The van der Waals surface area contributed by atoms with Gasteiger partial charge < -0.3 is 20.1 Å². The number of hydrogen-bond donors (Lipinski definition) is 2. The van der Waals surface area contributed by atoms with E-state index in [1.807, 2.05) is 39.0 Å². The zero-order valence-corrected chi connectivity index (χ0v) is 27.6. The largest absolute Gasteiger partial charge is 0.496 e. The molecule has 1 aromatic carbocycles. The smallest absolute Gasteiger partial charge is 0.329 e. The molecule has 10 heteroatoms. The Morgan fingerprint density at radius 2 is 2.02 bits per heavy atom. The number of rotatable bonds is 12. The number of methoxy groups -OCH3 is 1. The Morgan fingerprint density at radius 1 is 1.27 bits per heavy atom. The molecule has 45 heavy (non-hydrogen) atoms. The van der Waals surface area contributed by atoms with Crippen molar-refractivity contribution in [3.05, 3.63) is 92.4 Å². The third kappa shape index (κ3) is 6.73. The zero-order valence-electron chi connectivity index (χ0n) is 26.8. The Balaban J connectivity index is 1.60. The molecule has 240 valence electrons. The van der Waals surface area contributed by atoms with Crippen molar-refractivity contribution in [2.45, 2.75) is 59.9 Å². The molecule has 1 aromatic heterocycles. The molecule has 2 unspecified atom stereocenters. The number of carbonyl (C=O) groups is 2. The van der Waals surface area contributed by atoms with Crippen LogP contribution in [0.25, 0.3) is 10.8 Å². The van der Waals surface area contributed by atoms with Crippen molar-refractivity contribution in [1.82, 2.24) is 9.88 Å². The Bertz CT molecular complexity index is 1780. The third-order valence-electron chi connectivity index (χ3n) is 8.34. The molecule has 2 aliphatic rings. The summed E-state index contributed by atoms with van der Waals surface area (Å²) >= 11 is 0. The van der Waals surface area contributed by atoms with Crippen molar-refractivity contribution >= 4 is 37.8 Å². The van der Waals surface area contributed by atoms with E-state index in [9.17, 15) is 18.4 Å². The zero-order chi connectivity index (χ0) is 33.0. The standard InChI is InChI=1S/C35H43N3O6S/c1-7-11-24(18-23(5)8-2)12-13-27(9-3)45(41,42)22-32(45)28-15-17-38(34(28)39)30(35(40)44-10-4)20-26-19-25-14-16-37-33(36)29(25)21-31(26)43-6/h7-9,12-14,16,19,21-22,28,30H,10,15,17-18,20H2,1-6H3,(H2,36,37)(H,41,42)/b13-12-,23-8?,27-9+. The predicted molar refractivity (Wildman–Crippen MR) is 180 cm³/mol. The number of fused-ring (bicyclic) bond motifs is 1. The number of amides is 1. The number of hydrogen-bond acceptors (Lipinski definition) is 7. The molecule has 9 nitrogen and oxygen atoms in total. The van der Waals surface area contributed by atoms with E-state index in [-0.39, 0.29) is 35.3 Å². The van der Waals surface area contributed by atoms with Crippen LogP contribution in [0.5, 0.6) is 5.75 Å². The van der Waals surface area contributed by atoms with Gasteiger partial charge in [0, 0.05) is 36.4 Å². The molecule has 1 amide bonds. The van der Waals surface area contributed by atoms with Crippen LogP contribution in [0.1, 0.15) is 53.0 Å². The molecule has 0 aliphatic carbocycles. The number of esters is 1. The number of likely N-dealkylation sites (tertiary alicyclic amines) is 1. The number of aromatic nitrogens is 1. The second-order valence-electron chi connectivity index (χ2n) is 11.2. The number of nitrogens with two attached hydrogens (primary N) is 1. The first kappa shape index (κ1) is 33.6. The summed E-state index contributed by atoms with van der Waals surface area (Å²) in [5, 5.41) is 2.85. The molecule has 1 saturated heterocycles. The molecule has 3 N–H and O–H groups in total. The lowest BCUT2D eigenvalue weighted by molar-refractivity contribution is -0.153. The Labute approximate surface area is 265 Å². The van der Waals surface area contributed by atoms with Crippen molar-refractivity contribution < 1.29 is 27.8 Å². The van der Waals surface area contributed by atoms with Gasteiger partial charge in [-0.15, -0.1) is 15.1 Å². The molecule has 2 aromatic rings. The highest BCUT2D eigenvalue weighted by molar-refractivity contribution is 8.29. The van der Waals surface area contributed by atoms with Gasteiger partial charge in [-0.25, -0.2) is 9.78 Å². The highest BCUT2D eigenvalue weighted by Crippen LogP contribution is 2.59. The van der Waals surface area contributed by atoms with Crippen LogP contribution in [-0.2, 0) is 30.1 Å². The fourth-order valence-corrected chi connectivity index (χ4v) is 8.70. The molecule has 0 radical (unpaired) electrons. The van der Waals surface area contributed by atoms with Crippen LogP contribution in [0.15, 0.2) is 86.9 Å². The molecule has 0 saturated carbocycles. The van der Waals surface area contributed by atoms with E-state index in [1.165, 1.54) is 17.4 Å². The van der Waals surface area contributed by atoms with Crippen LogP contribution in [-0.4, -0.2) is 56.8 Å². The van der Waals surface area contributed by atoms with Gasteiger partial charge in [-0.05, 0) is 94.0 Å². The number of carbonyl (C=O) groups excluding carboxylic acids is 2. The second kappa shape index (κ2) is 13.4. The normalized spacial score (nSPS) is 20.6. The maximum Gasteiger partial charge on any atom is 0.329 e. The number of ether oxygens (including phenoxy) is 2. The fraction of sp³-hybridized carbons (Fsp3) is 0.371. The van der Waals surface area contributed by atoms with Gasteiger partial charge in [0.15, 0.2) is 0 Å². The average molecular weight is 634 g/mol. The number of nitrogens with zero attached hydrogens (tertiary/aromatic N) is 2. The van der Waals surface area contributed by atoms with E-state index in [1.54, 1.807) is 50.4 Å². The van der Waals surface area contributed by atoms with E-state index < -0.39 is 27.3 Å². The maximum absolute atomic E-state index is 14.2. The van der Waals surface area contributed by atoms with Gasteiger partial charge in [0.1, 0.15) is 17.6 Å². The van der Waals surface area contributed by atoms with E-state index in [0.29, 0.717) is 35.4 Å². The minimum atomic E-state index is -4.49. The number of nitrogen functional groups attached to an aromatic ring is 1. The highest BCUT2D eigenvalue weighted by Gasteiger charge is 2.55. The van der Waals surface area contributed by atoms with Gasteiger partial charge in [0.05, 0.1) is 29.4 Å². The first-order chi connectivity index (χ1) is 21.4. The number of anilines is 1. The van der Waals surface area contributed by atoms with Gasteiger partial charge in [-0.1, -0.05) is 17.7 Å². The van der Waals surface area contributed by atoms with Crippen LogP contribution in [0, 0.1) is 5.92 Å². The lowest BCUT2D eigenvalue weighted by Gasteiger charge is -2.30. The summed E-state index contributed by atoms with van der Waals surface area (Å²) in [6, 6.07) is 4.50. The Morgan fingerprint density at radius 3 is 2.67 bits per heavy atom. The summed E-state index contributed by atoms with van der Waals surface area (Å²) < 4.78 is 36.8. The second-order valence-corrected chi connectivity index (χ2v) is 14.3. The Kier molecular flexibility index (Phi) is 10.0. The van der Waals surface area contributed by atoms with Crippen molar-refractivity contribution in [1.29, 1.82) is 0 Å². The van der Waals surface area contributed by atoms with E-state index >= 15 is 0 Å². The van der Waals surface area contributed by atoms with Crippen molar-refractivity contribution in [3.8, 4) is 5.75 Å². The van der Waals surface area contributed by atoms with Crippen molar-refractivity contribution in [2.24, 2.45) is 5.92 Å². The molecule has 1 fully saturated rings. The predicted octanol–water partition coefficient (Wildman–Crippen LogP) is 6.21. The van der Waals surface area contributed by atoms with Crippen LogP contribution < -0.4 is 10.5 Å². The van der Waals surface area contributed by atoms with Crippen LogP contribution in [0.2, 0.25) is 0 Å². The Hall–Kier alpha value is -4.24. The molecule has 4 rings (SSSR count). The number of benzene rings is 1. The third-order valence-corrected chi connectivity index (χ3v) is 11.4. The van der Waals surface area contributed by atoms with Gasteiger partial charge in [-0.2, -0.15) is 4.21 Å². The minimum absolute atomic E-state index is 0.129. The molecule has 2 atom stereocenters. The maximum atomic E-state index is 14.2. The first-order valence-electron chi connectivity index (χ1n) is 15.1. The fourth-order valence-electron chi connectivity index (χ4n) is 5.80. The molecular weight excluding hydrogens is 590 g/mol. The summed E-state index contributed by atoms with van der Waals surface area (Å²) in [4.78, 5) is 33.3. The summed E-state index contributed by atoms with van der Waals surface area (Å²) in [6.45, 7) is 9.64. The summed E-state index contributed by atoms with van der Waals surface area (Å²) in [6.07, 6.45) is 11.6. The van der Waals surface area contributed by atoms with Crippen LogP contribution >= 0.6 is 0 Å². The van der Waals surface area contributed by atoms with Crippen molar-refractivity contribution in [2.75, 3.05) is 26.0 Å². The van der Waals surface area contributed by atoms with Crippen LogP contribution in [0.3, 0.4) is 0 Å². The summed E-state index contributed by atoms with van der Waals surface area (Å²) in [5.41, 5.74) is 12.0. The molecule has 0 spiro atoms. The van der Waals surface area contributed by atoms with Crippen LogP contribution in [0.4, 0.5) is 5.82 Å². The number of allylic oxidation sites excluding steroid dienone is 6. The monoisotopic (exact) mass is 633 g/mol. The van der Waals surface area contributed by atoms with Gasteiger partial charge in [-0.3, -0.25) is 9.35 Å². The average Bonchev–Trinajstić information content (AvgIpc) is 3.42. The molecular formula is C35H43N3O6S. The topological polar surface area (TPSA) is 132 Å². The van der Waals surface area contributed by atoms with Gasteiger partial charge >= 0.3 is 5.97 Å². The first-order valence-corrected chi connectivity index (χ1v) is 17.1. The van der Waals surface area contributed by atoms with Gasteiger partial charge in [0.2, 0.25) is 5.91 Å². The summed E-state index contributed by atoms with van der Waals surface area (Å²) in [7, 11) is -2.96. The quantitative estimate of drug-likeness (QED) is 0.122. The molecule has 0 bridgehead atoms. The van der Waals surface area contributed by atoms with E-state index in [4.69, 9.17) is 15.2 Å². The van der Waals surface area contributed by atoms with Gasteiger partial charge in [0.25, 0.3) is 0 Å². The number of pyridine rings is 1. The highest BCUT2D eigenvalue weighted by atomic mass is 32.3. The lowest BCUT2D eigenvalue weighted by Crippen LogP contribution is -2.45. The molecule has 2 aliphatic heterocycles. The van der Waals surface area contributed by atoms with E-state index in [0.717, 1.165) is 16.5 Å². The lowest BCUT2D eigenvalue weighted by atomic mass is 10.00. The SMILES string of the molecule is CC=C=C(/C=C\C(=C/C)S1(=O)(O)C=C1C1CCN(C(Cc2cc3ccnc(N)c3cc2OC)C(=O)OCC)C1=O)CC(C)=CC. The minimum Gasteiger partial charge on any atom is -0.496 e. The molecule has 3 heterocycles. The van der Waals surface area contributed by atoms with Crippen molar-refractivity contribution in [3.63, 3.8) is 0 Å². The van der Waals surface area contributed by atoms with E-state index in [2.05, 4.69) is 10.7 Å². The summed E-state index contributed by atoms with van der Waals surface area (Å²) in [5.74, 6) is -0.894.